The molecule has 1 aromatic rings. The summed E-state index contributed by atoms with van der Waals surface area (Å²) in [6.45, 7) is 6.77. The molecule has 1 saturated carbocycles. The Morgan fingerprint density at radius 2 is 1.95 bits per heavy atom. The molecule has 1 heterocycles. The van der Waals surface area contributed by atoms with Crippen molar-refractivity contribution in [2.75, 3.05) is 13.1 Å². The first kappa shape index (κ1) is 15.4. The fourth-order valence-corrected chi connectivity index (χ4v) is 4.14. The van der Waals surface area contributed by atoms with Gasteiger partial charge in [-0.05, 0) is 32.4 Å². The second kappa shape index (κ2) is 4.99. The summed E-state index contributed by atoms with van der Waals surface area (Å²) in [6.07, 6.45) is -0.279. The number of carbonyl (C=O) groups excluding carboxylic acids is 1. The van der Waals surface area contributed by atoms with Gasteiger partial charge in [-0.1, -0.05) is 34.1 Å². The molecule has 2 aliphatic rings. The van der Waals surface area contributed by atoms with Crippen molar-refractivity contribution in [1.82, 2.24) is 4.90 Å². The molecule has 5 heteroatoms. The van der Waals surface area contributed by atoms with Gasteiger partial charge in [0, 0.05) is 29.4 Å². The number of nitriles is 1. The van der Waals surface area contributed by atoms with Gasteiger partial charge in [-0.2, -0.15) is 5.26 Å². The van der Waals surface area contributed by atoms with E-state index in [0.717, 1.165) is 10.0 Å². The molecular weight excluding hydrogens is 344 g/mol. The maximum absolute atomic E-state index is 12.1. The number of fused-ring (bicyclic) bond motifs is 1. The van der Waals surface area contributed by atoms with Crippen molar-refractivity contribution in [3.63, 3.8) is 0 Å². The van der Waals surface area contributed by atoms with E-state index < -0.39 is 11.0 Å². The Labute approximate surface area is 139 Å². The average molecular weight is 363 g/mol. The summed E-state index contributed by atoms with van der Waals surface area (Å²) in [6, 6.07) is 10.4. The first-order valence-corrected chi connectivity index (χ1v) is 8.23. The molecule has 0 aromatic heterocycles. The summed E-state index contributed by atoms with van der Waals surface area (Å²) in [4.78, 5) is 13.9. The number of likely N-dealkylation sites (tertiary alicyclic amines) is 1. The molecule has 1 saturated heterocycles. The van der Waals surface area contributed by atoms with Crippen LogP contribution in [0.25, 0.3) is 0 Å². The number of benzene rings is 1. The van der Waals surface area contributed by atoms with E-state index in [4.69, 9.17) is 4.74 Å². The Morgan fingerprint density at radius 1 is 1.36 bits per heavy atom. The molecule has 0 N–H and O–H groups in total. The molecule has 1 aromatic carbocycles. The van der Waals surface area contributed by atoms with Gasteiger partial charge in [0.2, 0.25) is 0 Å². The Balaban J connectivity index is 1.75. The normalized spacial score (nSPS) is 29.7. The highest BCUT2D eigenvalue weighted by Gasteiger charge is 2.71. The van der Waals surface area contributed by atoms with Gasteiger partial charge in [0.15, 0.2) is 0 Å². The summed E-state index contributed by atoms with van der Waals surface area (Å²) in [5, 5.41) is 9.75. The third-order valence-corrected chi connectivity index (χ3v) is 5.23. The third-order valence-electron chi connectivity index (χ3n) is 4.54. The number of amides is 1. The smallest absolute Gasteiger partial charge is 0.410 e. The van der Waals surface area contributed by atoms with Crippen LogP contribution in [0.15, 0.2) is 28.7 Å². The first-order chi connectivity index (χ1) is 10.3. The van der Waals surface area contributed by atoms with Crippen LogP contribution < -0.4 is 0 Å². The lowest BCUT2D eigenvalue weighted by Gasteiger charge is -2.27. The topological polar surface area (TPSA) is 53.3 Å². The minimum atomic E-state index is -0.487. The van der Waals surface area contributed by atoms with Gasteiger partial charge < -0.3 is 9.64 Å². The van der Waals surface area contributed by atoms with Crippen LogP contribution in [0.3, 0.4) is 0 Å². The van der Waals surface area contributed by atoms with Gasteiger partial charge in [0.1, 0.15) is 5.60 Å². The zero-order chi connectivity index (χ0) is 16.1. The Bertz CT molecular complexity index is 647. The SMILES string of the molecule is CC(C)(C)OC(=O)N1CC2[C@H](C1)[C@@]2(C#N)c1ccccc1Br. The molecule has 3 atom stereocenters. The lowest BCUT2D eigenvalue weighted by Crippen LogP contribution is -2.39. The van der Waals surface area contributed by atoms with Crippen LogP contribution in [0.2, 0.25) is 0 Å². The number of hydrogen-bond donors (Lipinski definition) is 0. The molecule has 2 fully saturated rings. The van der Waals surface area contributed by atoms with E-state index in [9.17, 15) is 10.1 Å². The van der Waals surface area contributed by atoms with Crippen molar-refractivity contribution in [2.24, 2.45) is 11.8 Å². The lowest BCUT2D eigenvalue weighted by atomic mass is 9.92. The average Bonchev–Trinajstić information content (AvgIpc) is 2.80. The van der Waals surface area contributed by atoms with Crippen molar-refractivity contribution in [3.05, 3.63) is 34.3 Å². The summed E-state index contributed by atoms with van der Waals surface area (Å²) >= 11 is 3.55. The molecule has 3 rings (SSSR count). The Kier molecular flexibility index (Phi) is 3.48. The first-order valence-electron chi connectivity index (χ1n) is 7.44. The zero-order valence-electron chi connectivity index (χ0n) is 13.0. The highest BCUT2D eigenvalue weighted by atomic mass is 79.9. The van der Waals surface area contributed by atoms with Gasteiger partial charge in [-0.15, -0.1) is 0 Å². The van der Waals surface area contributed by atoms with Crippen LogP contribution in [-0.2, 0) is 10.2 Å². The van der Waals surface area contributed by atoms with Crippen molar-refractivity contribution in [1.29, 1.82) is 5.26 Å². The van der Waals surface area contributed by atoms with Crippen LogP contribution >= 0.6 is 15.9 Å². The van der Waals surface area contributed by atoms with E-state index in [1.165, 1.54) is 0 Å². The Morgan fingerprint density at radius 3 is 2.45 bits per heavy atom. The third kappa shape index (κ3) is 2.30. The van der Waals surface area contributed by atoms with E-state index in [-0.39, 0.29) is 17.9 Å². The second-order valence-corrected chi connectivity index (χ2v) is 7.91. The summed E-state index contributed by atoms with van der Waals surface area (Å²) in [7, 11) is 0. The van der Waals surface area contributed by atoms with Gasteiger partial charge in [0.05, 0.1) is 11.5 Å². The molecule has 0 bridgehead atoms. The van der Waals surface area contributed by atoms with Crippen molar-refractivity contribution in [3.8, 4) is 6.07 Å². The van der Waals surface area contributed by atoms with E-state index in [1.54, 1.807) is 4.90 Å². The molecule has 22 heavy (non-hydrogen) atoms. The summed E-state index contributed by atoms with van der Waals surface area (Å²) in [5.74, 6) is 0.396. The zero-order valence-corrected chi connectivity index (χ0v) is 14.6. The van der Waals surface area contributed by atoms with Crippen LogP contribution in [0, 0.1) is 23.2 Å². The molecule has 1 unspecified atom stereocenters. The molecule has 1 aliphatic heterocycles. The van der Waals surface area contributed by atoms with Crippen molar-refractivity contribution >= 4 is 22.0 Å². The predicted octanol–water partition coefficient (Wildman–Crippen LogP) is 3.71. The maximum Gasteiger partial charge on any atom is 0.410 e. The minimum absolute atomic E-state index is 0.198. The second-order valence-electron chi connectivity index (χ2n) is 7.06. The van der Waals surface area contributed by atoms with Crippen LogP contribution in [0.1, 0.15) is 26.3 Å². The highest BCUT2D eigenvalue weighted by Crippen LogP contribution is 2.64. The number of hydrogen-bond acceptors (Lipinski definition) is 3. The number of rotatable bonds is 1. The molecule has 1 aliphatic carbocycles. The van der Waals surface area contributed by atoms with Gasteiger partial charge in [-0.3, -0.25) is 0 Å². The van der Waals surface area contributed by atoms with Crippen molar-refractivity contribution < 1.29 is 9.53 Å². The molecule has 0 radical (unpaired) electrons. The van der Waals surface area contributed by atoms with Gasteiger partial charge in [0.25, 0.3) is 0 Å². The lowest BCUT2D eigenvalue weighted by molar-refractivity contribution is 0.0266. The number of nitrogens with zero attached hydrogens (tertiary/aromatic N) is 2. The fraction of sp³-hybridized carbons (Fsp3) is 0.529. The molecule has 116 valence electrons. The fourth-order valence-electron chi connectivity index (χ4n) is 3.53. The van der Waals surface area contributed by atoms with E-state index >= 15 is 0 Å². The Hall–Kier alpha value is -1.54. The quantitative estimate of drug-likeness (QED) is 0.764. The summed E-state index contributed by atoms with van der Waals surface area (Å²) < 4.78 is 6.38. The minimum Gasteiger partial charge on any atom is -0.444 e. The molecule has 4 nitrogen and oxygen atoms in total. The molecular formula is C17H19BrN2O2. The molecule has 0 spiro atoms. The summed E-state index contributed by atoms with van der Waals surface area (Å²) in [5.41, 5.74) is 0.0911. The van der Waals surface area contributed by atoms with Gasteiger partial charge in [-0.25, -0.2) is 4.79 Å². The number of halogens is 1. The van der Waals surface area contributed by atoms with E-state index in [1.807, 2.05) is 45.0 Å². The van der Waals surface area contributed by atoms with Gasteiger partial charge >= 0.3 is 6.09 Å². The number of ether oxygens (including phenoxy) is 1. The highest BCUT2D eigenvalue weighted by molar-refractivity contribution is 9.10. The van der Waals surface area contributed by atoms with Crippen LogP contribution in [-0.4, -0.2) is 29.7 Å². The van der Waals surface area contributed by atoms with Crippen molar-refractivity contribution in [2.45, 2.75) is 31.8 Å². The van der Waals surface area contributed by atoms with Crippen LogP contribution in [0.4, 0.5) is 4.79 Å². The maximum atomic E-state index is 12.1. The van der Waals surface area contributed by atoms with E-state index in [0.29, 0.717) is 13.1 Å². The standard InChI is InChI=1S/C17H19BrN2O2/c1-16(2,3)22-15(21)20-8-12-13(9-20)17(12,10-19)11-6-4-5-7-14(11)18/h4-7,12-13H,8-9H2,1-3H3/t12-,13?,17+/m0/s1. The molecule has 1 amide bonds. The van der Waals surface area contributed by atoms with Crippen LogP contribution in [0.5, 0.6) is 0 Å². The number of carbonyl (C=O) groups is 1. The number of piperidine rings is 1. The monoisotopic (exact) mass is 362 g/mol. The van der Waals surface area contributed by atoms with E-state index in [2.05, 4.69) is 22.0 Å². The predicted molar refractivity (Wildman–Crippen MR) is 86.2 cm³/mol. The largest absolute Gasteiger partial charge is 0.444 e.